The lowest BCUT2D eigenvalue weighted by molar-refractivity contribution is -0.132. The fraction of sp³-hybridized carbons (Fsp3) is 0.533. The summed E-state index contributed by atoms with van der Waals surface area (Å²) in [5, 5.41) is 13.3. The molecule has 0 bridgehead atoms. The van der Waals surface area contributed by atoms with Gasteiger partial charge in [-0.1, -0.05) is 19.9 Å². The van der Waals surface area contributed by atoms with Crippen LogP contribution in [-0.2, 0) is 4.79 Å². The van der Waals surface area contributed by atoms with Crippen molar-refractivity contribution >= 4 is 22.5 Å². The van der Waals surface area contributed by atoms with Crippen LogP contribution in [0.15, 0.2) is 30.5 Å². The van der Waals surface area contributed by atoms with Crippen LogP contribution in [0.1, 0.15) is 74.5 Å². The quantitative estimate of drug-likeness (QED) is 0.342. The molecule has 0 unspecified atom stereocenters. The van der Waals surface area contributed by atoms with E-state index >= 15 is 0 Å². The molecule has 2 fully saturated rings. The standard InChI is InChI=1S/C30H37F2N7O/c1-19(2)27-24-17-22(4-5-25(24)33-28(27)23-16-20(3)29-34-35-36-39(29)18-23)21-6-12-38(13-7-21)26(40)8-11-37-14-9-30(31,32)10-15-37/h4-5,16-19,21,33H,6-15H2,1-3H3. The highest BCUT2D eigenvalue weighted by Gasteiger charge is 2.34. The highest BCUT2D eigenvalue weighted by atomic mass is 19.3. The van der Waals surface area contributed by atoms with Gasteiger partial charge in [0.25, 0.3) is 5.92 Å². The second-order valence-electron chi connectivity index (χ2n) is 11.8. The van der Waals surface area contributed by atoms with Gasteiger partial charge in [-0.15, -0.1) is 5.10 Å². The van der Waals surface area contributed by atoms with E-state index in [0.717, 1.165) is 53.9 Å². The minimum Gasteiger partial charge on any atom is -0.354 e. The number of aromatic nitrogens is 5. The number of piperidine rings is 2. The summed E-state index contributed by atoms with van der Waals surface area (Å²) in [6, 6.07) is 8.87. The molecule has 8 nitrogen and oxygen atoms in total. The van der Waals surface area contributed by atoms with Crippen LogP contribution in [0.5, 0.6) is 0 Å². The number of fused-ring (bicyclic) bond motifs is 2. The lowest BCUT2D eigenvalue weighted by atomic mass is 9.87. The largest absolute Gasteiger partial charge is 0.354 e. The summed E-state index contributed by atoms with van der Waals surface area (Å²) in [6.07, 6.45) is 4.03. The minimum atomic E-state index is -2.55. The SMILES string of the molecule is Cc1cc(-c2[nH]c3ccc(C4CCN(C(=O)CCN5CCC(F)(F)CC5)CC4)cc3c2C(C)C)cn2nnnc12. The number of hydrogen-bond donors (Lipinski definition) is 1. The van der Waals surface area contributed by atoms with E-state index in [1.54, 1.807) is 4.52 Å². The molecule has 2 aliphatic heterocycles. The van der Waals surface area contributed by atoms with Crippen LogP contribution in [0.2, 0.25) is 0 Å². The number of H-pyrrole nitrogens is 1. The third-order valence-corrected chi connectivity index (χ3v) is 8.76. The Kier molecular flexibility index (Phi) is 7.06. The average Bonchev–Trinajstić information content (AvgIpc) is 3.57. The first kappa shape index (κ1) is 26.8. The van der Waals surface area contributed by atoms with Gasteiger partial charge in [-0.3, -0.25) is 4.79 Å². The monoisotopic (exact) mass is 549 g/mol. The van der Waals surface area contributed by atoms with Crippen molar-refractivity contribution in [2.24, 2.45) is 0 Å². The van der Waals surface area contributed by atoms with Crippen LogP contribution < -0.4 is 0 Å². The number of pyridine rings is 1. The van der Waals surface area contributed by atoms with E-state index in [-0.39, 0.29) is 18.7 Å². The van der Waals surface area contributed by atoms with Crippen molar-refractivity contribution in [1.29, 1.82) is 0 Å². The Morgan fingerprint density at radius 3 is 2.60 bits per heavy atom. The maximum atomic E-state index is 13.4. The van der Waals surface area contributed by atoms with E-state index in [1.807, 2.05) is 22.9 Å². The molecule has 0 spiro atoms. The summed E-state index contributed by atoms with van der Waals surface area (Å²) in [6.45, 7) is 9.25. The Labute approximate surface area is 232 Å². The van der Waals surface area contributed by atoms with E-state index in [4.69, 9.17) is 0 Å². The van der Waals surface area contributed by atoms with Crippen molar-refractivity contribution in [3.8, 4) is 11.3 Å². The van der Waals surface area contributed by atoms with Gasteiger partial charge in [0.15, 0.2) is 5.65 Å². The molecule has 40 heavy (non-hydrogen) atoms. The number of alkyl halides is 2. The van der Waals surface area contributed by atoms with Crippen molar-refractivity contribution in [3.05, 3.63) is 47.2 Å². The minimum absolute atomic E-state index is 0.105. The van der Waals surface area contributed by atoms with Gasteiger partial charge < -0.3 is 14.8 Å². The number of likely N-dealkylation sites (tertiary alicyclic amines) is 2. The Bertz CT molecular complexity index is 1520. The van der Waals surface area contributed by atoms with Crippen molar-refractivity contribution in [2.75, 3.05) is 32.7 Å². The number of nitrogens with one attached hydrogen (secondary N) is 1. The molecular weight excluding hydrogens is 512 g/mol. The maximum absolute atomic E-state index is 13.4. The molecule has 3 aromatic heterocycles. The number of rotatable bonds is 6. The zero-order chi connectivity index (χ0) is 28.0. The number of aryl methyl sites for hydroxylation is 1. The van der Waals surface area contributed by atoms with Gasteiger partial charge in [-0.05, 0) is 76.9 Å². The average molecular weight is 550 g/mol. The summed E-state index contributed by atoms with van der Waals surface area (Å²) in [5.74, 6) is -1.70. The molecule has 2 aliphatic rings. The van der Waals surface area contributed by atoms with Crippen molar-refractivity contribution in [1.82, 2.24) is 34.8 Å². The van der Waals surface area contributed by atoms with Crippen LogP contribution in [0.4, 0.5) is 8.78 Å². The highest BCUT2D eigenvalue weighted by molar-refractivity contribution is 5.92. The zero-order valence-corrected chi connectivity index (χ0v) is 23.5. The number of carbonyl (C=O) groups is 1. The molecule has 4 aromatic rings. The second-order valence-corrected chi connectivity index (χ2v) is 11.8. The number of tetrazole rings is 1. The van der Waals surface area contributed by atoms with Crippen LogP contribution in [0, 0.1) is 6.92 Å². The summed E-state index contributed by atoms with van der Waals surface area (Å²) in [4.78, 5) is 20.5. The molecule has 0 aliphatic carbocycles. The molecule has 0 radical (unpaired) electrons. The topological polar surface area (TPSA) is 82.4 Å². The molecule has 0 saturated carbocycles. The van der Waals surface area contributed by atoms with Gasteiger partial charge in [-0.25, -0.2) is 8.78 Å². The predicted molar refractivity (Wildman–Crippen MR) is 151 cm³/mol. The van der Waals surface area contributed by atoms with Crippen molar-refractivity contribution < 1.29 is 13.6 Å². The first-order chi connectivity index (χ1) is 19.2. The summed E-state index contributed by atoms with van der Waals surface area (Å²) in [5.41, 5.74) is 7.65. The Balaban J connectivity index is 1.15. The molecule has 5 heterocycles. The van der Waals surface area contributed by atoms with E-state index in [1.165, 1.54) is 16.5 Å². The van der Waals surface area contributed by atoms with Gasteiger partial charge in [0.05, 0.1) is 5.69 Å². The van der Waals surface area contributed by atoms with Crippen molar-refractivity contribution in [2.45, 2.75) is 70.6 Å². The summed E-state index contributed by atoms with van der Waals surface area (Å²) >= 11 is 0. The van der Waals surface area contributed by atoms with Crippen LogP contribution in [0.25, 0.3) is 27.8 Å². The number of nitrogens with zero attached hydrogens (tertiary/aromatic N) is 6. The van der Waals surface area contributed by atoms with Gasteiger partial charge in [0.1, 0.15) is 0 Å². The van der Waals surface area contributed by atoms with E-state index in [0.29, 0.717) is 37.9 Å². The van der Waals surface area contributed by atoms with E-state index in [2.05, 4.69) is 58.6 Å². The normalized spacial score (nSPS) is 18.8. The number of carbonyl (C=O) groups excluding carboxylic acids is 1. The number of hydrogen-bond acceptors (Lipinski definition) is 5. The fourth-order valence-electron chi connectivity index (χ4n) is 6.43. The third-order valence-electron chi connectivity index (χ3n) is 8.76. The number of benzene rings is 1. The summed E-state index contributed by atoms with van der Waals surface area (Å²) < 4.78 is 28.6. The van der Waals surface area contributed by atoms with E-state index < -0.39 is 5.92 Å². The predicted octanol–water partition coefficient (Wildman–Crippen LogP) is 5.53. The van der Waals surface area contributed by atoms with Gasteiger partial charge in [0, 0.05) is 74.6 Å². The lowest BCUT2D eigenvalue weighted by Gasteiger charge is -2.34. The molecule has 1 aromatic carbocycles. The first-order valence-electron chi connectivity index (χ1n) is 14.4. The molecule has 6 rings (SSSR count). The maximum Gasteiger partial charge on any atom is 0.250 e. The molecule has 212 valence electrons. The highest BCUT2D eigenvalue weighted by Crippen LogP contribution is 2.38. The Morgan fingerprint density at radius 1 is 1.12 bits per heavy atom. The number of amides is 1. The molecule has 1 N–H and O–H groups in total. The molecular formula is C30H37F2N7O. The van der Waals surface area contributed by atoms with Crippen LogP contribution in [-0.4, -0.2) is 79.4 Å². The van der Waals surface area contributed by atoms with Crippen LogP contribution >= 0.6 is 0 Å². The van der Waals surface area contributed by atoms with Gasteiger partial charge in [0.2, 0.25) is 5.91 Å². The fourth-order valence-corrected chi connectivity index (χ4v) is 6.43. The molecule has 2 saturated heterocycles. The van der Waals surface area contributed by atoms with Crippen molar-refractivity contribution in [3.63, 3.8) is 0 Å². The summed E-state index contributed by atoms with van der Waals surface area (Å²) in [7, 11) is 0. The second kappa shape index (κ2) is 10.5. The third kappa shape index (κ3) is 5.21. The number of aromatic amines is 1. The number of halogens is 2. The van der Waals surface area contributed by atoms with Gasteiger partial charge in [-0.2, -0.15) is 4.52 Å². The van der Waals surface area contributed by atoms with E-state index in [9.17, 15) is 13.6 Å². The lowest BCUT2D eigenvalue weighted by Crippen LogP contribution is -2.43. The Morgan fingerprint density at radius 2 is 1.88 bits per heavy atom. The van der Waals surface area contributed by atoms with Crippen LogP contribution in [0.3, 0.4) is 0 Å². The molecule has 1 amide bonds. The first-order valence-corrected chi connectivity index (χ1v) is 14.4. The smallest absolute Gasteiger partial charge is 0.250 e. The zero-order valence-electron chi connectivity index (χ0n) is 23.5. The molecule has 10 heteroatoms. The molecule has 0 atom stereocenters. The Hall–Kier alpha value is -3.40. The van der Waals surface area contributed by atoms with Gasteiger partial charge >= 0.3 is 0 Å².